The van der Waals surface area contributed by atoms with Crippen LogP contribution in [0.25, 0.3) is 11.1 Å². The number of carbonyl (C=O) groups is 2. The maximum Gasteiger partial charge on any atom is 0.414 e. The van der Waals surface area contributed by atoms with E-state index in [1.54, 1.807) is 12.1 Å². The van der Waals surface area contributed by atoms with E-state index in [1.165, 1.54) is 13.1 Å². The summed E-state index contributed by atoms with van der Waals surface area (Å²) in [5.41, 5.74) is 6.67. The van der Waals surface area contributed by atoms with Gasteiger partial charge in [-0.3, -0.25) is 14.7 Å². The number of fused-ring (bicyclic) bond motifs is 1. The number of aromatic nitrogens is 1. The van der Waals surface area contributed by atoms with Crippen molar-refractivity contribution in [3.8, 4) is 11.1 Å². The minimum absolute atomic E-state index is 0.0374. The van der Waals surface area contributed by atoms with Crippen molar-refractivity contribution in [3.05, 3.63) is 47.8 Å². The SMILES string of the molecule is CC(=O)NC[C@H]1CN(c2cc(F)c(-c3ccc(C4(N)[C@@H]5COC[C@@H]54)nc3)c(F)c2)C(=O)O1. The van der Waals surface area contributed by atoms with E-state index in [4.69, 9.17) is 15.2 Å². The summed E-state index contributed by atoms with van der Waals surface area (Å²) in [5, 5.41) is 2.55. The summed E-state index contributed by atoms with van der Waals surface area (Å²) in [6.45, 7) is 2.73. The average Bonchev–Trinajstić information content (AvgIpc) is 3.12. The van der Waals surface area contributed by atoms with Gasteiger partial charge in [0.25, 0.3) is 0 Å². The van der Waals surface area contributed by atoms with Gasteiger partial charge in [-0.25, -0.2) is 13.6 Å². The molecule has 3 N–H and O–H groups in total. The van der Waals surface area contributed by atoms with Gasteiger partial charge in [0.05, 0.1) is 48.8 Å². The summed E-state index contributed by atoms with van der Waals surface area (Å²) in [7, 11) is 0. The molecule has 1 aromatic heterocycles. The standard InChI is InChI=1S/C22H22F2N4O4/c1-11(29)26-7-14-8-28(21(30)32-14)13-4-17(23)20(18(24)5-13)12-2-3-19(27-6-12)22(25)15-9-31-10-16(15)22/h2-6,14-16H,7-10,25H2,1H3,(H,26,29)/t14-,15-,16+,22?/m0/s1. The number of amides is 2. The Bertz CT molecular complexity index is 1060. The molecule has 10 heteroatoms. The van der Waals surface area contributed by atoms with Crippen molar-refractivity contribution in [2.75, 3.05) is 31.2 Å². The third kappa shape index (κ3) is 3.30. The van der Waals surface area contributed by atoms with E-state index in [-0.39, 0.29) is 47.6 Å². The first-order valence-electron chi connectivity index (χ1n) is 10.3. The number of rotatable bonds is 5. The number of nitrogens with zero attached hydrogens (tertiary/aromatic N) is 2. The summed E-state index contributed by atoms with van der Waals surface area (Å²) in [6, 6.07) is 5.47. The fraction of sp³-hybridized carbons (Fsp3) is 0.409. The lowest BCUT2D eigenvalue weighted by atomic mass is 10.0. The molecule has 0 spiro atoms. The molecule has 5 rings (SSSR count). The molecule has 2 saturated heterocycles. The van der Waals surface area contributed by atoms with E-state index < -0.39 is 29.4 Å². The maximum atomic E-state index is 14.9. The topological polar surface area (TPSA) is 107 Å². The van der Waals surface area contributed by atoms with Crippen molar-refractivity contribution in [3.63, 3.8) is 0 Å². The van der Waals surface area contributed by atoms with Crippen molar-refractivity contribution in [1.82, 2.24) is 10.3 Å². The Morgan fingerprint density at radius 3 is 2.56 bits per heavy atom. The molecular weight excluding hydrogens is 422 g/mol. The molecule has 0 bridgehead atoms. The van der Waals surface area contributed by atoms with Crippen molar-refractivity contribution < 1.29 is 27.8 Å². The first-order chi connectivity index (χ1) is 15.3. The molecule has 1 unspecified atom stereocenters. The molecule has 0 radical (unpaired) electrons. The predicted molar refractivity (Wildman–Crippen MR) is 110 cm³/mol. The molecule has 8 nitrogen and oxygen atoms in total. The molecule has 2 aliphatic heterocycles. The molecule has 168 valence electrons. The smallest absolute Gasteiger partial charge is 0.414 e. The molecule has 1 saturated carbocycles. The van der Waals surface area contributed by atoms with Crippen LogP contribution < -0.4 is 16.0 Å². The number of benzene rings is 1. The first-order valence-corrected chi connectivity index (χ1v) is 10.3. The summed E-state index contributed by atoms with van der Waals surface area (Å²) in [5.74, 6) is -1.47. The Hall–Kier alpha value is -3.11. The number of anilines is 1. The van der Waals surface area contributed by atoms with E-state index in [0.717, 1.165) is 17.0 Å². The van der Waals surface area contributed by atoms with Crippen LogP contribution in [0.5, 0.6) is 0 Å². The van der Waals surface area contributed by atoms with Crippen LogP contribution in [0, 0.1) is 23.5 Å². The molecule has 1 aromatic carbocycles. The molecular formula is C22H22F2N4O4. The number of pyridine rings is 1. The number of hydrogen-bond acceptors (Lipinski definition) is 6. The zero-order valence-electron chi connectivity index (χ0n) is 17.3. The lowest BCUT2D eigenvalue weighted by Crippen LogP contribution is -2.33. The van der Waals surface area contributed by atoms with Crippen LogP contribution in [0.1, 0.15) is 12.6 Å². The Balaban J connectivity index is 1.35. The van der Waals surface area contributed by atoms with Gasteiger partial charge in [-0.2, -0.15) is 0 Å². The van der Waals surface area contributed by atoms with Gasteiger partial charge in [-0.15, -0.1) is 0 Å². The number of cyclic esters (lactones) is 1. The second-order valence-electron chi connectivity index (χ2n) is 8.45. The second kappa shape index (κ2) is 7.49. The van der Waals surface area contributed by atoms with Crippen LogP contribution in [-0.2, 0) is 19.8 Å². The summed E-state index contributed by atoms with van der Waals surface area (Å²) in [4.78, 5) is 28.7. The highest BCUT2D eigenvalue weighted by Crippen LogP contribution is 2.58. The van der Waals surface area contributed by atoms with Crippen LogP contribution in [0.2, 0.25) is 0 Å². The minimum Gasteiger partial charge on any atom is -0.442 e. The maximum absolute atomic E-state index is 14.9. The predicted octanol–water partition coefficient (Wildman–Crippen LogP) is 1.92. The van der Waals surface area contributed by atoms with Crippen LogP contribution in [0.4, 0.5) is 19.3 Å². The zero-order chi connectivity index (χ0) is 22.6. The van der Waals surface area contributed by atoms with E-state index >= 15 is 0 Å². The zero-order valence-corrected chi connectivity index (χ0v) is 17.3. The third-order valence-electron chi connectivity index (χ3n) is 6.49. The quantitative estimate of drug-likeness (QED) is 0.730. The van der Waals surface area contributed by atoms with Gasteiger partial charge in [0.2, 0.25) is 5.91 Å². The number of ether oxygens (including phenoxy) is 2. The Morgan fingerprint density at radius 1 is 1.28 bits per heavy atom. The van der Waals surface area contributed by atoms with E-state index in [9.17, 15) is 18.4 Å². The number of halogens is 2. The molecule has 1 aliphatic carbocycles. The van der Waals surface area contributed by atoms with Crippen LogP contribution >= 0.6 is 0 Å². The van der Waals surface area contributed by atoms with E-state index in [1.807, 2.05) is 0 Å². The number of hydrogen-bond donors (Lipinski definition) is 2. The highest BCUT2D eigenvalue weighted by molar-refractivity contribution is 5.90. The van der Waals surface area contributed by atoms with Gasteiger partial charge >= 0.3 is 6.09 Å². The second-order valence-corrected chi connectivity index (χ2v) is 8.45. The van der Waals surface area contributed by atoms with Gasteiger partial charge in [0.1, 0.15) is 17.7 Å². The van der Waals surface area contributed by atoms with Gasteiger partial charge < -0.3 is 20.5 Å². The van der Waals surface area contributed by atoms with Gasteiger partial charge in [-0.1, -0.05) is 6.07 Å². The normalized spacial score (nSPS) is 28.4. The van der Waals surface area contributed by atoms with Crippen LogP contribution in [0.3, 0.4) is 0 Å². The summed E-state index contributed by atoms with van der Waals surface area (Å²) >= 11 is 0. The monoisotopic (exact) mass is 444 g/mol. The van der Waals surface area contributed by atoms with Gasteiger partial charge in [-0.05, 0) is 18.2 Å². The fourth-order valence-electron chi connectivity index (χ4n) is 4.66. The molecule has 32 heavy (non-hydrogen) atoms. The molecule has 4 atom stereocenters. The minimum atomic E-state index is -0.827. The lowest BCUT2D eigenvalue weighted by Gasteiger charge is -2.17. The van der Waals surface area contributed by atoms with Crippen molar-refractivity contribution in [1.29, 1.82) is 0 Å². The fourth-order valence-corrected chi connectivity index (χ4v) is 4.66. The Kier molecular flexibility index (Phi) is 4.86. The molecule has 3 heterocycles. The van der Waals surface area contributed by atoms with Crippen molar-refractivity contribution >= 4 is 17.7 Å². The molecule has 3 aliphatic rings. The largest absolute Gasteiger partial charge is 0.442 e. The molecule has 2 aromatic rings. The molecule has 3 fully saturated rings. The van der Waals surface area contributed by atoms with Gasteiger partial charge in [0.15, 0.2) is 0 Å². The summed E-state index contributed by atoms with van der Waals surface area (Å²) in [6.07, 6.45) is 0.0723. The number of nitrogens with two attached hydrogens (primary N) is 1. The van der Waals surface area contributed by atoms with Crippen molar-refractivity contribution in [2.45, 2.75) is 18.6 Å². The van der Waals surface area contributed by atoms with Gasteiger partial charge in [0, 0.05) is 30.5 Å². The van der Waals surface area contributed by atoms with E-state index in [0.29, 0.717) is 18.9 Å². The highest BCUT2D eigenvalue weighted by atomic mass is 19.1. The Labute approximate surface area is 182 Å². The number of nitrogens with one attached hydrogen (secondary N) is 1. The number of carbonyl (C=O) groups excluding carboxylic acids is 2. The summed E-state index contributed by atoms with van der Waals surface area (Å²) < 4.78 is 40.4. The van der Waals surface area contributed by atoms with Crippen molar-refractivity contribution in [2.24, 2.45) is 17.6 Å². The molecule has 2 amide bonds. The Morgan fingerprint density at radius 2 is 1.97 bits per heavy atom. The average molecular weight is 444 g/mol. The van der Waals surface area contributed by atoms with Crippen LogP contribution in [0.15, 0.2) is 30.5 Å². The highest BCUT2D eigenvalue weighted by Gasteiger charge is 2.66. The third-order valence-corrected chi connectivity index (χ3v) is 6.49. The van der Waals surface area contributed by atoms with Crippen LogP contribution in [-0.4, -0.2) is 49.4 Å². The first kappa shape index (κ1) is 20.8. The lowest BCUT2D eigenvalue weighted by molar-refractivity contribution is -0.119. The van der Waals surface area contributed by atoms with E-state index in [2.05, 4.69) is 10.3 Å².